The standard InChI is InChI=1S/C23H25NO5/c1-4-5-14-24-20(15-10-6-8-12-17(15)28-2)19(22(26)23(24)27)21(25)16-11-7-9-13-18(16)29-3/h6-13,20,25H,4-5,14H2,1-3H3/b21-19+. The van der Waals surface area contributed by atoms with Gasteiger partial charge < -0.3 is 19.5 Å². The van der Waals surface area contributed by atoms with Crippen LogP contribution in [0.15, 0.2) is 54.1 Å². The minimum absolute atomic E-state index is 0.0418. The molecule has 29 heavy (non-hydrogen) atoms. The second-order valence-electron chi connectivity index (χ2n) is 6.79. The number of hydrogen-bond donors (Lipinski definition) is 1. The minimum Gasteiger partial charge on any atom is -0.507 e. The molecule has 1 unspecified atom stereocenters. The Hall–Kier alpha value is -3.28. The number of benzene rings is 2. The predicted molar refractivity (Wildman–Crippen MR) is 110 cm³/mol. The SMILES string of the molecule is CCCCN1C(=O)C(=O)/C(=C(/O)c2ccccc2OC)C1c1ccccc1OC. The molecule has 1 aliphatic heterocycles. The zero-order chi connectivity index (χ0) is 21.0. The van der Waals surface area contributed by atoms with Gasteiger partial charge in [-0.2, -0.15) is 0 Å². The Bertz CT molecular complexity index is 950. The number of methoxy groups -OCH3 is 2. The van der Waals surface area contributed by atoms with E-state index in [9.17, 15) is 14.7 Å². The molecule has 1 amide bonds. The summed E-state index contributed by atoms with van der Waals surface area (Å²) in [7, 11) is 3.03. The largest absolute Gasteiger partial charge is 0.507 e. The third-order valence-electron chi connectivity index (χ3n) is 5.09. The summed E-state index contributed by atoms with van der Waals surface area (Å²) in [4.78, 5) is 27.4. The fourth-order valence-electron chi connectivity index (χ4n) is 3.64. The highest BCUT2D eigenvalue weighted by Gasteiger charge is 2.46. The van der Waals surface area contributed by atoms with E-state index in [1.54, 1.807) is 30.3 Å². The summed E-state index contributed by atoms with van der Waals surface area (Å²) < 4.78 is 10.8. The molecular formula is C23H25NO5. The van der Waals surface area contributed by atoms with Crippen LogP contribution in [0.25, 0.3) is 5.76 Å². The molecule has 1 atom stereocenters. The number of aliphatic hydroxyl groups excluding tert-OH is 1. The van der Waals surface area contributed by atoms with Gasteiger partial charge in [0.15, 0.2) is 0 Å². The number of nitrogens with zero attached hydrogens (tertiary/aromatic N) is 1. The van der Waals surface area contributed by atoms with Crippen molar-refractivity contribution < 1.29 is 24.2 Å². The Morgan fingerprint density at radius 2 is 1.62 bits per heavy atom. The van der Waals surface area contributed by atoms with Crippen molar-refractivity contribution in [2.45, 2.75) is 25.8 Å². The molecule has 0 aromatic heterocycles. The monoisotopic (exact) mass is 395 g/mol. The molecule has 2 aromatic rings. The Morgan fingerprint density at radius 3 is 2.28 bits per heavy atom. The van der Waals surface area contributed by atoms with Gasteiger partial charge in [0.25, 0.3) is 11.7 Å². The van der Waals surface area contributed by atoms with E-state index in [2.05, 4.69) is 0 Å². The van der Waals surface area contributed by atoms with E-state index in [0.717, 1.165) is 12.8 Å². The highest BCUT2D eigenvalue weighted by atomic mass is 16.5. The van der Waals surface area contributed by atoms with Crippen LogP contribution in [-0.4, -0.2) is 42.5 Å². The van der Waals surface area contributed by atoms with E-state index in [1.807, 2.05) is 25.1 Å². The zero-order valence-corrected chi connectivity index (χ0v) is 16.8. The first-order valence-corrected chi connectivity index (χ1v) is 9.59. The van der Waals surface area contributed by atoms with Crippen LogP contribution >= 0.6 is 0 Å². The number of ketones is 1. The number of hydrogen-bond acceptors (Lipinski definition) is 5. The first-order chi connectivity index (χ1) is 14.0. The molecule has 0 bridgehead atoms. The summed E-state index contributed by atoms with van der Waals surface area (Å²) >= 11 is 0. The molecule has 1 N–H and O–H groups in total. The summed E-state index contributed by atoms with van der Waals surface area (Å²) in [6, 6.07) is 13.4. The van der Waals surface area contributed by atoms with Gasteiger partial charge in [-0.25, -0.2) is 0 Å². The molecule has 1 fully saturated rings. The quantitative estimate of drug-likeness (QED) is 0.437. The number of rotatable bonds is 7. The van der Waals surface area contributed by atoms with E-state index in [0.29, 0.717) is 29.2 Å². The molecule has 1 heterocycles. The summed E-state index contributed by atoms with van der Waals surface area (Å²) in [5, 5.41) is 11.1. The lowest BCUT2D eigenvalue weighted by Gasteiger charge is -2.26. The first-order valence-electron chi connectivity index (χ1n) is 9.59. The van der Waals surface area contributed by atoms with Crippen LogP contribution in [0.4, 0.5) is 0 Å². The highest BCUT2D eigenvalue weighted by Crippen LogP contribution is 2.43. The molecule has 3 rings (SSSR count). The Balaban J connectivity index is 2.24. The van der Waals surface area contributed by atoms with Gasteiger partial charge in [-0.05, 0) is 24.6 Å². The van der Waals surface area contributed by atoms with Gasteiger partial charge in [-0.15, -0.1) is 0 Å². The van der Waals surface area contributed by atoms with Crippen molar-refractivity contribution >= 4 is 17.4 Å². The second-order valence-corrected chi connectivity index (χ2v) is 6.79. The maximum atomic E-state index is 13.0. The number of carbonyl (C=O) groups excluding carboxylic acids is 2. The number of aliphatic hydroxyl groups is 1. The summed E-state index contributed by atoms with van der Waals surface area (Å²) in [6.07, 6.45) is 1.61. The summed E-state index contributed by atoms with van der Waals surface area (Å²) in [6.45, 7) is 2.43. The number of amides is 1. The zero-order valence-electron chi connectivity index (χ0n) is 16.8. The smallest absolute Gasteiger partial charge is 0.295 e. The van der Waals surface area contributed by atoms with Gasteiger partial charge in [0.1, 0.15) is 17.3 Å². The van der Waals surface area contributed by atoms with Crippen LogP contribution in [0.3, 0.4) is 0 Å². The third kappa shape index (κ3) is 3.70. The number of Topliss-reactive ketones (excluding diaryl/α,β-unsaturated/α-hetero) is 1. The fraction of sp³-hybridized carbons (Fsp3) is 0.304. The van der Waals surface area contributed by atoms with Crippen LogP contribution < -0.4 is 9.47 Å². The van der Waals surface area contributed by atoms with Gasteiger partial charge in [0.2, 0.25) is 0 Å². The van der Waals surface area contributed by atoms with E-state index >= 15 is 0 Å². The van der Waals surface area contributed by atoms with Gasteiger partial charge in [0.05, 0.1) is 31.4 Å². The fourth-order valence-corrected chi connectivity index (χ4v) is 3.64. The molecule has 0 spiro atoms. The van der Waals surface area contributed by atoms with Crippen LogP contribution in [0.2, 0.25) is 0 Å². The highest BCUT2D eigenvalue weighted by molar-refractivity contribution is 6.46. The minimum atomic E-state index is -0.734. The lowest BCUT2D eigenvalue weighted by Crippen LogP contribution is -2.30. The molecule has 0 radical (unpaired) electrons. The van der Waals surface area contributed by atoms with Gasteiger partial charge in [-0.3, -0.25) is 9.59 Å². The van der Waals surface area contributed by atoms with Crippen molar-refractivity contribution in [3.63, 3.8) is 0 Å². The van der Waals surface area contributed by atoms with Crippen molar-refractivity contribution in [3.8, 4) is 11.5 Å². The number of likely N-dealkylation sites (tertiary alicyclic amines) is 1. The topological polar surface area (TPSA) is 76.1 Å². The number of unbranched alkanes of at least 4 members (excludes halogenated alkanes) is 1. The lowest BCUT2D eigenvalue weighted by atomic mass is 9.94. The normalized spacial score (nSPS) is 18.2. The van der Waals surface area contributed by atoms with Crippen molar-refractivity contribution in [1.82, 2.24) is 4.90 Å². The number of para-hydroxylation sites is 2. The maximum Gasteiger partial charge on any atom is 0.295 e. The molecule has 2 aromatic carbocycles. The van der Waals surface area contributed by atoms with Crippen molar-refractivity contribution in [2.24, 2.45) is 0 Å². The number of ether oxygens (including phenoxy) is 2. The van der Waals surface area contributed by atoms with Gasteiger partial charge in [0, 0.05) is 12.1 Å². The van der Waals surface area contributed by atoms with Gasteiger partial charge in [-0.1, -0.05) is 43.7 Å². The molecule has 6 nitrogen and oxygen atoms in total. The van der Waals surface area contributed by atoms with E-state index in [1.165, 1.54) is 19.1 Å². The molecule has 0 saturated carbocycles. The molecule has 1 saturated heterocycles. The van der Waals surface area contributed by atoms with Crippen molar-refractivity contribution in [1.29, 1.82) is 0 Å². The van der Waals surface area contributed by atoms with Crippen molar-refractivity contribution in [3.05, 3.63) is 65.2 Å². The maximum absolute atomic E-state index is 13.0. The Morgan fingerprint density at radius 1 is 1.00 bits per heavy atom. The molecule has 152 valence electrons. The average Bonchev–Trinajstić information content (AvgIpc) is 3.01. The Kier molecular flexibility index (Phi) is 6.22. The molecule has 6 heteroatoms. The molecular weight excluding hydrogens is 370 g/mol. The lowest BCUT2D eigenvalue weighted by molar-refractivity contribution is -0.139. The third-order valence-corrected chi connectivity index (χ3v) is 5.09. The number of carbonyl (C=O) groups is 2. The molecule has 1 aliphatic rings. The summed E-state index contributed by atoms with van der Waals surface area (Å²) in [5.41, 5.74) is 1.06. The van der Waals surface area contributed by atoms with Crippen molar-refractivity contribution in [2.75, 3.05) is 20.8 Å². The molecule has 0 aliphatic carbocycles. The predicted octanol–water partition coefficient (Wildman–Crippen LogP) is 3.93. The van der Waals surface area contributed by atoms with Crippen LogP contribution in [0, 0.1) is 0 Å². The average molecular weight is 395 g/mol. The Labute approximate surface area is 170 Å². The van der Waals surface area contributed by atoms with E-state index in [-0.39, 0.29) is 11.3 Å². The van der Waals surface area contributed by atoms with Crippen LogP contribution in [-0.2, 0) is 9.59 Å². The van der Waals surface area contributed by atoms with E-state index in [4.69, 9.17) is 9.47 Å². The van der Waals surface area contributed by atoms with Crippen LogP contribution in [0.5, 0.6) is 11.5 Å². The second kappa shape index (κ2) is 8.82. The summed E-state index contributed by atoms with van der Waals surface area (Å²) in [5.74, 6) is -0.614. The van der Waals surface area contributed by atoms with Gasteiger partial charge >= 0.3 is 0 Å². The van der Waals surface area contributed by atoms with Crippen LogP contribution in [0.1, 0.15) is 36.9 Å². The van der Waals surface area contributed by atoms with E-state index < -0.39 is 17.7 Å². The first kappa shape index (κ1) is 20.5.